The van der Waals surface area contributed by atoms with Crippen LogP contribution in [0.5, 0.6) is 0 Å². The molecule has 27 heavy (non-hydrogen) atoms. The maximum Gasteiger partial charge on any atom is 0.283 e. The van der Waals surface area contributed by atoms with E-state index in [9.17, 15) is 8.42 Å². The molecule has 0 saturated carbocycles. The number of sulfonamides is 1. The SMILES string of the molecule is C=C/C=N\N(c1c(-c2ccccc2)noc1C)S(=O)(=O)c1ccc(Cl)cc1. The summed E-state index contributed by atoms with van der Waals surface area (Å²) < 4.78 is 32.7. The molecule has 6 nitrogen and oxygen atoms in total. The minimum Gasteiger partial charge on any atom is -0.359 e. The van der Waals surface area contributed by atoms with Crippen LogP contribution in [-0.2, 0) is 10.0 Å². The van der Waals surface area contributed by atoms with Crippen molar-refractivity contribution in [3.8, 4) is 11.3 Å². The summed E-state index contributed by atoms with van der Waals surface area (Å²) in [5.74, 6) is 0.313. The van der Waals surface area contributed by atoms with Gasteiger partial charge < -0.3 is 4.52 Å². The molecule has 138 valence electrons. The summed E-state index contributed by atoms with van der Waals surface area (Å²) in [4.78, 5) is 0.0349. The summed E-state index contributed by atoms with van der Waals surface area (Å²) in [6, 6.07) is 15.0. The highest BCUT2D eigenvalue weighted by atomic mass is 35.5. The lowest BCUT2D eigenvalue weighted by Gasteiger charge is -2.19. The van der Waals surface area contributed by atoms with Crippen LogP contribution in [0.25, 0.3) is 11.3 Å². The zero-order valence-corrected chi connectivity index (χ0v) is 16.0. The number of nitrogens with zero attached hydrogens (tertiary/aromatic N) is 3. The first-order valence-corrected chi connectivity index (χ1v) is 9.74. The van der Waals surface area contributed by atoms with Crippen LogP contribution in [0.15, 0.2) is 81.8 Å². The minimum atomic E-state index is -4.04. The van der Waals surface area contributed by atoms with Crippen molar-refractivity contribution in [1.82, 2.24) is 5.16 Å². The van der Waals surface area contributed by atoms with E-state index in [0.29, 0.717) is 22.0 Å². The fourth-order valence-electron chi connectivity index (χ4n) is 2.43. The van der Waals surface area contributed by atoms with Gasteiger partial charge in [-0.05, 0) is 37.3 Å². The number of hydrazone groups is 1. The van der Waals surface area contributed by atoms with Gasteiger partial charge >= 0.3 is 0 Å². The van der Waals surface area contributed by atoms with Crippen molar-refractivity contribution >= 4 is 33.5 Å². The van der Waals surface area contributed by atoms with Crippen LogP contribution in [0.3, 0.4) is 0 Å². The van der Waals surface area contributed by atoms with Crippen LogP contribution in [0.2, 0.25) is 5.02 Å². The van der Waals surface area contributed by atoms with Gasteiger partial charge in [-0.2, -0.15) is 13.5 Å². The van der Waals surface area contributed by atoms with E-state index in [0.717, 1.165) is 4.41 Å². The third kappa shape index (κ3) is 3.79. The third-order valence-corrected chi connectivity index (χ3v) is 5.54. The molecule has 2 aromatic carbocycles. The number of aryl methyl sites for hydroxylation is 1. The number of rotatable bonds is 6. The predicted molar refractivity (Wildman–Crippen MR) is 106 cm³/mol. The molecule has 0 atom stereocenters. The molecule has 0 aliphatic rings. The van der Waals surface area contributed by atoms with E-state index in [2.05, 4.69) is 16.8 Å². The molecule has 0 aliphatic heterocycles. The number of aromatic nitrogens is 1. The van der Waals surface area contributed by atoms with E-state index in [1.165, 1.54) is 36.6 Å². The summed E-state index contributed by atoms with van der Waals surface area (Å²) >= 11 is 5.88. The van der Waals surface area contributed by atoms with Gasteiger partial charge in [-0.3, -0.25) is 0 Å². The molecule has 1 heterocycles. The van der Waals surface area contributed by atoms with Gasteiger partial charge in [0, 0.05) is 16.8 Å². The minimum absolute atomic E-state index is 0.0349. The van der Waals surface area contributed by atoms with Crippen molar-refractivity contribution in [1.29, 1.82) is 0 Å². The van der Waals surface area contributed by atoms with Crippen molar-refractivity contribution in [2.24, 2.45) is 5.10 Å². The van der Waals surface area contributed by atoms with E-state index in [4.69, 9.17) is 16.1 Å². The molecular weight excluding hydrogens is 386 g/mol. The first-order valence-electron chi connectivity index (χ1n) is 7.92. The topological polar surface area (TPSA) is 75.8 Å². The molecule has 0 amide bonds. The van der Waals surface area contributed by atoms with Gasteiger partial charge in [0.1, 0.15) is 11.4 Å². The summed E-state index contributed by atoms with van der Waals surface area (Å²) in [6.07, 6.45) is 2.67. The third-order valence-electron chi connectivity index (χ3n) is 3.69. The molecule has 0 radical (unpaired) electrons. The maximum absolute atomic E-state index is 13.2. The van der Waals surface area contributed by atoms with Crippen molar-refractivity contribution in [2.75, 3.05) is 4.41 Å². The van der Waals surface area contributed by atoms with E-state index in [1.807, 2.05) is 30.3 Å². The van der Waals surface area contributed by atoms with Crippen molar-refractivity contribution in [3.05, 3.63) is 78.0 Å². The molecule has 0 aliphatic carbocycles. The maximum atomic E-state index is 13.2. The molecule has 0 spiro atoms. The van der Waals surface area contributed by atoms with E-state index < -0.39 is 10.0 Å². The standard InChI is InChI=1S/C19H16ClN3O3S/c1-3-13-21-23(27(24,25)17-11-9-16(20)10-12-17)19-14(2)26-22-18(19)15-7-5-4-6-8-15/h3-13H,1H2,2H3/b21-13-. The lowest BCUT2D eigenvalue weighted by atomic mass is 10.1. The fourth-order valence-corrected chi connectivity index (χ4v) is 3.87. The van der Waals surface area contributed by atoms with Crippen molar-refractivity contribution in [2.45, 2.75) is 11.8 Å². The lowest BCUT2D eigenvalue weighted by molar-refractivity contribution is 0.400. The Bertz CT molecular complexity index is 1080. The molecule has 0 unspecified atom stereocenters. The van der Waals surface area contributed by atoms with Gasteiger partial charge in [0.2, 0.25) is 0 Å². The van der Waals surface area contributed by atoms with E-state index in [-0.39, 0.29) is 10.6 Å². The Morgan fingerprint density at radius 1 is 1.15 bits per heavy atom. The first-order chi connectivity index (χ1) is 12.9. The molecular formula is C19H16ClN3O3S. The lowest BCUT2D eigenvalue weighted by Crippen LogP contribution is -2.26. The Labute approximate surface area is 162 Å². The zero-order valence-electron chi connectivity index (χ0n) is 14.4. The summed E-state index contributed by atoms with van der Waals surface area (Å²) in [7, 11) is -4.04. The van der Waals surface area contributed by atoms with Crippen LogP contribution in [-0.4, -0.2) is 19.8 Å². The average molecular weight is 402 g/mol. The van der Waals surface area contributed by atoms with Gasteiger partial charge in [-0.15, -0.1) is 4.41 Å². The summed E-state index contributed by atoms with van der Waals surface area (Å²) in [6.45, 7) is 5.18. The molecule has 8 heteroatoms. The monoisotopic (exact) mass is 401 g/mol. The summed E-state index contributed by atoms with van der Waals surface area (Å²) in [5.41, 5.74) is 1.30. The number of halogens is 1. The molecule has 0 saturated heterocycles. The highest BCUT2D eigenvalue weighted by Gasteiger charge is 2.31. The number of allylic oxidation sites excluding steroid dienone is 1. The van der Waals surface area contributed by atoms with Crippen molar-refractivity contribution < 1.29 is 12.9 Å². The van der Waals surface area contributed by atoms with Gasteiger partial charge in [-0.1, -0.05) is 53.7 Å². The quantitative estimate of drug-likeness (QED) is 0.444. The van der Waals surface area contributed by atoms with Crippen LogP contribution in [0, 0.1) is 6.92 Å². The molecule has 0 fully saturated rings. The smallest absolute Gasteiger partial charge is 0.283 e. The molecule has 1 aromatic heterocycles. The largest absolute Gasteiger partial charge is 0.359 e. The molecule has 3 aromatic rings. The second kappa shape index (κ2) is 7.77. The van der Waals surface area contributed by atoms with Gasteiger partial charge in [0.15, 0.2) is 5.76 Å². The molecule has 0 bridgehead atoms. The number of benzene rings is 2. The van der Waals surface area contributed by atoms with Crippen LogP contribution >= 0.6 is 11.6 Å². The Morgan fingerprint density at radius 3 is 2.44 bits per heavy atom. The highest BCUT2D eigenvalue weighted by Crippen LogP contribution is 2.36. The number of anilines is 1. The summed E-state index contributed by atoms with van der Waals surface area (Å²) in [5, 5.41) is 8.54. The van der Waals surface area contributed by atoms with Crippen LogP contribution < -0.4 is 4.41 Å². The Hall–Kier alpha value is -2.90. The van der Waals surface area contributed by atoms with E-state index in [1.54, 1.807) is 6.92 Å². The van der Waals surface area contributed by atoms with E-state index >= 15 is 0 Å². The predicted octanol–water partition coefficient (Wildman–Crippen LogP) is 4.67. The highest BCUT2D eigenvalue weighted by molar-refractivity contribution is 7.92. The van der Waals surface area contributed by atoms with Crippen LogP contribution in [0.4, 0.5) is 5.69 Å². The van der Waals surface area contributed by atoms with Crippen LogP contribution in [0.1, 0.15) is 5.76 Å². The molecule has 3 rings (SSSR count). The Kier molecular flexibility index (Phi) is 5.43. The average Bonchev–Trinajstić information content (AvgIpc) is 3.04. The number of hydrogen-bond acceptors (Lipinski definition) is 5. The Balaban J connectivity index is 2.20. The first kappa shape index (κ1) is 18.9. The number of hydrogen-bond donors (Lipinski definition) is 0. The van der Waals surface area contributed by atoms with Gasteiger partial charge in [-0.25, -0.2) is 0 Å². The van der Waals surface area contributed by atoms with Crippen molar-refractivity contribution in [3.63, 3.8) is 0 Å². The Morgan fingerprint density at radius 2 is 1.81 bits per heavy atom. The van der Waals surface area contributed by atoms with Gasteiger partial charge in [0.25, 0.3) is 10.0 Å². The molecule has 0 N–H and O–H groups in total. The fraction of sp³-hybridized carbons (Fsp3) is 0.0526. The van der Waals surface area contributed by atoms with Gasteiger partial charge in [0.05, 0.1) is 4.90 Å². The second-order valence-corrected chi connectivity index (χ2v) is 7.71. The zero-order chi connectivity index (χ0) is 19.4. The normalized spacial score (nSPS) is 11.6. The second-order valence-electron chi connectivity index (χ2n) is 5.50.